The van der Waals surface area contributed by atoms with Crippen LogP contribution in [0.1, 0.15) is 51.4 Å². The monoisotopic (exact) mass is 373 g/mol. The molecule has 0 aliphatic heterocycles. The van der Waals surface area contributed by atoms with Crippen molar-refractivity contribution in [1.29, 1.82) is 0 Å². The molecule has 3 rings (SSSR count). The summed E-state index contributed by atoms with van der Waals surface area (Å²) in [6.07, 6.45) is 10.5. The van der Waals surface area contributed by atoms with Crippen LogP contribution in [0.3, 0.4) is 0 Å². The van der Waals surface area contributed by atoms with E-state index in [0.29, 0.717) is 5.25 Å². The van der Waals surface area contributed by atoms with E-state index in [1.165, 1.54) is 25.7 Å². The van der Waals surface area contributed by atoms with Gasteiger partial charge >= 0.3 is 0 Å². The first-order valence-electron chi connectivity index (χ1n) is 8.45. The van der Waals surface area contributed by atoms with Gasteiger partial charge in [0, 0.05) is 16.7 Å². The van der Waals surface area contributed by atoms with Crippen LogP contribution in [0.2, 0.25) is 0 Å². The van der Waals surface area contributed by atoms with E-state index in [4.69, 9.17) is 5.11 Å². The minimum atomic E-state index is -0.132. The number of aliphatic hydroxyl groups excluding tert-OH is 2. The van der Waals surface area contributed by atoms with Crippen molar-refractivity contribution in [3.8, 4) is 0 Å². The smallest absolute Gasteiger partial charge is 0.106 e. The number of hydrogen-bond acceptors (Lipinski definition) is 6. The van der Waals surface area contributed by atoms with Gasteiger partial charge in [0.05, 0.1) is 12.2 Å². The maximum absolute atomic E-state index is 9.79. The van der Waals surface area contributed by atoms with Crippen LogP contribution in [-0.4, -0.2) is 37.9 Å². The number of thiol groups is 1. The first kappa shape index (κ1) is 19.4. The van der Waals surface area contributed by atoms with E-state index in [0.717, 1.165) is 30.7 Å². The second kappa shape index (κ2) is 10.9. The van der Waals surface area contributed by atoms with E-state index in [2.05, 4.69) is 17.6 Å². The normalized spacial score (nSPS) is 31.1. The highest BCUT2D eigenvalue weighted by molar-refractivity contribution is 8.76. The summed E-state index contributed by atoms with van der Waals surface area (Å²) in [7, 11) is 3.44. The van der Waals surface area contributed by atoms with Crippen molar-refractivity contribution in [1.82, 2.24) is 4.98 Å². The fourth-order valence-electron chi connectivity index (χ4n) is 2.79. The highest BCUT2D eigenvalue weighted by Crippen LogP contribution is 2.39. The summed E-state index contributed by atoms with van der Waals surface area (Å²) in [5.74, 6) is 0. The third kappa shape index (κ3) is 7.26. The molecule has 1 heterocycles. The van der Waals surface area contributed by atoms with Crippen molar-refractivity contribution >= 4 is 34.2 Å². The highest BCUT2D eigenvalue weighted by Gasteiger charge is 2.23. The Morgan fingerprint density at radius 1 is 0.957 bits per heavy atom. The van der Waals surface area contributed by atoms with Gasteiger partial charge in [-0.05, 0) is 48.6 Å². The molecule has 0 spiro atoms. The molecule has 0 aromatic carbocycles. The first-order chi connectivity index (χ1) is 11.2. The zero-order valence-electron chi connectivity index (χ0n) is 13.4. The molecule has 3 nitrogen and oxygen atoms in total. The molecule has 23 heavy (non-hydrogen) atoms. The van der Waals surface area contributed by atoms with E-state index < -0.39 is 0 Å². The van der Waals surface area contributed by atoms with E-state index in [-0.39, 0.29) is 17.5 Å². The maximum Gasteiger partial charge on any atom is 0.106 e. The Kier molecular flexibility index (Phi) is 9.19. The predicted molar refractivity (Wildman–Crippen MR) is 103 cm³/mol. The number of rotatable bonds is 3. The largest absolute Gasteiger partial charge is 0.392 e. The van der Waals surface area contributed by atoms with Crippen molar-refractivity contribution < 1.29 is 10.2 Å². The van der Waals surface area contributed by atoms with Gasteiger partial charge in [-0.3, -0.25) is 0 Å². The number of hydrogen-bond donors (Lipinski definition) is 3. The number of pyridine rings is 1. The van der Waals surface area contributed by atoms with Gasteiger partial charge in [-0.15, -0.1) is 0 Å². The fourth-order valence-corrected chi connectivity index (χ4v) is 5.74. The van der Waals surface area contributed by atoms with Crippen molar-refractivity contribution in [2.45, 2.75) is 79.1 Å². The summed E-state index contributed by atoms with van der Waals surface area (Å²) < 4.78 is 0. The molecule has 2 aliphatic rings. The molecule has 4 atom stereocenters. The van der Waals surface area contributed by atoms with Crippen LogP contribution in [0.5, 0.6) is 0 Å². The van der Waals surface area contributed by atoms with Crippen LogP contribution in [0, 0.1) is 0 Å². The fraction of sp³-hybridized carbons (Fsp3) is 0.706. The van der Waals surface area contributed by atoms with Gasteiger partial charge in [0.2, 0.25) is 0 Å². The second-order valence-electron chi connectivity index (χ2n) is 6.16. The Balaban J connectivity index is 0.000000203. The lowest BCUT2D eigenvalue weighted by Gasteiger charge is -2.26. The lowest BCUT2D eigenvalue weighted by molar-refractivity contribution is 0.137. The minimum absolute atomic E-state index is 0.125. The standard InChI is InChI=1S/C11H15NOS2.C6H12OS/c13-9-5-1-2-6-10(9)14-15-11-7-3-4-8-12-11;7-5-3-1-2-4-6(5)8/h3-4,7-10,13H,1-2,5-6H2;5-8H,1-4H2/t9-,10-;/m1./s1. The Morgan fingerprint density at radius 2 is 1.65 bits per heavy atom. The van der Waals surface area contributed by atoms with Gasteiger partial charge in [-0.1, -0.05) is 42.5 Å². The summed E-state index contributed by atoms with van der Waals surface area (Å²) in [6.45, 7) is 0. The lowest BCUT2D eigenvalue weighted by Crippen LogP contribution is -2.25. The summed E-state index contributed by atoms with van der Waals surface area (Å²) in [6, 6.07) is 5.92. The van der Waals surface area contributed by atoms with E-state index in [9.17, 15) is 5.11 Å². The summed E-state index contributed by atoms with van der Waals surface area (Å²) in [5, 5.41) is 20.6. The molecule has 0 saturated heterocycles. The number of nitrogens with zero attached hydrogens (tertiary/aromatic N) is 1. The Morgan fingerprint density at radius 3 is 2.22 bits per heavy atom. The Bertz CT molecular complexity index is 425. The average Bonchev–Trinajstić information content (AvgIpc) is 2.58. The summed E-state index contributed by atoms with van der Waals surface area (Å²) in [5.41, 5.74) is 0. The molecule has 0 radical (unpaired) electrons. The Labute approximate surface area is 152 Å². The molecule has 2 saturated carbocycles. The molecular weight excluding hydrogens is 346 g/mol. The maximum atomic E-state index is 9.79. The molecule has 6 heteroatoms. The van der Waals surface area contributed by atoms with Gasteiger partial charge in [-0.2, -0.15) is 12.6 Å². The molecule has 2 aliphatic carbocycles. The molecule has 0 bridgehead atoms. The van der Waals surface area contributed by atoms with E-state index >= 15 is 0 Å². The van der Waals surface area contributed by atoms with Gasteiger partial charge in [-0.25, -0.2) is 4.98 Å². The zero-order chi connectivity index (χ0) is 16.5. The molecule has 1 aromatic heterocycles. The SMILES string of the molecule is OC1CCCCC1S.O[C@@H]1CCCC[C@H]1SSc1ccccn1. The van der Waals surface area contributed by atoms with Gasteiger partial charge < -0.3 is 10.2 Å². The van der Waals surface area contributed by atoms with Crippen LogP contribution in [0.25, 0.3) is 0 Å². The van der Waals surface area contributed by atoms with Crippen LogP contribution in [0.15, 0.2) is 29.4 Å². The number of aliphatic hydroxyl groups is 2. The molecule has 2 unspecified atom stereocenters. The van der Waals surface area contributed by atoms with E-state index in [1.807, 2.05) is 18.2 Å². The van der Waals surface area contributed by atoms with Crippen LogP contribution in [-0.2, 0) is 0 Å². The van der Waals surface area contributed by atoms with Gasteiger partial charge in [0.1, 0.15) is 5.03 Å². The first-order valence-corrected chi connectivity index (χ1v) is 11.2. The number of aromatic nitrogens is 1. The summed E-state index contributed by atoms with van der Waals surface area (Å²) in [4.78, 5) is 4.25. The molecule has 2 fully saturated rings. The van der Waals surface area contributed by atoms with Gasteiger partial charge in [0.25, 0.3) is 0 Å². The van der Waals surface area contributed by atoms with Crippen molar-refractivity contribution in [3.05, 3.63) is 24.4 Å². The molecule has 2 N–H and O–H groups in total. The average molecular weight is 374 g/mol. The predicted octanol–water partition coefficient (Wildman–Crippen LogP) is 4.35. The highest BCUT2D eigenvalue weighted by atomic mass is 33.1. The topological polar surface area (TPSA) is 53.4 Å². The molecule has 0 amide bonds. The van der Waals surface area contributed by atoms with Crippen LogP contribution in [0.4, 0.5) is 0 Å². The van der Waals surface area contributed by atoms with Crippen molar-refractivity contribution in [2.75, 3.05) is 0 Å². The van der Waals surface area contributed by atoms with Crippen LogP contribution < -0.4 is 0 Å². The molecular formula is C17H27NO2S3. The third-order valence-corrected chi connectivity index (χ3v) is 7.71. The quantitative estimate of drug-likeness (QED) is 0.543. The minimum Gasteiger partial charge on any atom is -0.392 e. The second-order valence-corrected chi connectivity index (χ2v) is 9.28. The summed E-state index contributed by atoms with van der Waals surface area (Å²) >= 11 is 4.21. The van der Waals surface area contributed by atoms with Crippen molar-refractivity contribution in [3.63, 3.8) is 0 Å². The Hall–Kier alpha value is 0.120. The molecule has 1 aromatic rings. The van der Waals surface area contributed by atoms with Crippen molar-refractivity contribution in [2.24, 2.45) is 0 Å². The third-order valence-electron chi connectivity index (χ3n) is 4.26. The molecule has 130 valence electrons. The van der Waals surface area contributed by atoms with Crippen LogP contribution >= 0.6 is 34.2 Å². The van der Waals surface area contributed by atoms with E-state index in [1.54, 1.807) is 27.8 Å². The zero-order valence-corrected chi connectivity index (χ0v) is 15.9. The lowest BCUT2D eigenvalue weighted by atomic mass is 9.97. The van der Waals surface area contributed by atoms with Gasteiger partial charge in [0.15, 0.2) is 0 Å².